The second kappa shape index (κ2) is 6.74. The van der Waals surface area contributed by atoms with Gasteiger partial charge in [0.2, 0.25) is 0 Å². The van der Waals surface area contributed by atoms with Crippen LogP contribution in [-0.4, -0.2) is 61.3 Å². The van der Waals surface area contributed by atoms with Crippen LogP contribution in [0, 0.1) is 22.2 Å². The molecule has 7 atom stereocenters. The Labute approximate surface area is 178 Å². The van der Waals surface area contributed by atoms with Crippen molar-refractivity contribution in [1.29, 1.82) is 0 Å². The number of ketones is 1. The van der Waals surface area contributed by atoms with Crippen LogP contribution in [0.4, 0.5) is 0 Å². The quantitative estimate of drug-likeness (QED) is 0.538. The Morgan fingerprint density at radius 3 is 2.43 bits per heavy atom. The molecule has 4 fully saturated rings. The van der Waals surface area contributed by atoms with E-state index >= 15 is 0 Å². The third kappa shape index (κ3) is 2.52. The molecule has 0 unspecified atom stereocenters. The third-order valence-corrected chi connectivity index (χ3v) is 9.39. The van der Waals surface area contributed by atoms with E-state index in [1.165, 1.54) is 7.11 Å². The van der Waals surface area contributed by atoms with Crippen molar-refractivity contribution >= 4 is 11.8 Å². The van der Waals surface area contributed by atoms with Gasteiger partial charge in [-0.05, 0) is 43.9 Å². The summed E-state index contributed by atoms with van der Waals surface area (Å²) in [4.78, 5) is 26.9. The van der Waals surface area contributed by atoms with E-state index in [4.69, 9.17) is 18.9 Å². The standard InChI is InChI=1S/C23H36O7/c1-19(2)14-11-16(25)21(4,18(26)28-6)23(20(14,3)8-7-15(19)24)10-9-22(30-23)12-17(27-5)29-13-22/h14-15,17,24H,7-13H2,1-6H3/t14-,15+,17-,20-,21+,22+,23-/m0/s1. The van der Waals surface area contributed by atoms with Crippen molar-refractivity contribution in [1.82, 2.24) is 0 Å². The van der Waals surface area contributed by atoms with Gasteiger partial charge in [0.05, 0.1) is 31.0 Å². The first-order valence-corrected chi connectivity index (χ1v) is 11.1. The molecule has 4 rings (SSSR count). The maximum Gasteiger partial charge on any atom is 0.322 e. The Kier molecular flexibility index (Phi) is 4.98. The summed E-state index contributed by atoms with van der Waals surface area (Å²) in [6.07, 6.45) is 2.53. The van der Waals surface area contributed by atoms with E-state index in [1.54, 1.807) is 14.0 Å². The molecule has 2 saturated heterocycles. The lowest BCUT2D eigenvalue weighted by Gasteiger charge is -2.66. The summed E-state index contributed by atoms with van der Waals surface area (Å²) in [5, 5.41) is 10.8. The zero-order chi connectivity index (χ0) is 22.2. The van der Waals surface area contributed by atoms with Gasteiger partial charge in [0.25, 0.3) is 0 Å². The number of esters is 1. The summed E-state index contributed by atoms with van der Waals surface area (Å²) in [5.41, 5.74) is -3.94. The topological polar surface area (TPSA) is 91.3 Å². The fraction of sp³-hybridized carbons (Fsp3) is 0.913. The first-order valence-electron chi connectivity index (χ1n) is 11.1. The molecule has 7 nitrogen and oxygen atoms in total. The highest BCUT2D eigenvalue weighted by Gasteiger charge is 2.78. The van der Waals surface area contributed by atoms with Crippen LogP contribution in [0.5, 0.6) is 0 Å². The minimum atomic E-state index is -1.40. The average molecular weight is 425 g/mol. The average Bonchev–Trinajstić information content (AvgIpc) is 3.31. The van der Waals surface area contributed by atoms with Crippen molar-refractivity contribution in [2.45, 2.75) is 89.8 Å². The van der Waals surface area contributed by atoms with Crippen LogP contribution < -0.4 is 0 Å². The van der Waals surface area contributed by atoms with E-state index in [0.717, 1.165) is 0 Å². The molecule has 2 aliphatic carbocycles. The summed E-state index contributed by atoms with van der Waals surface area (Å²) in [7, 11) is 2.95. The fourth-order valence-corrected chi connectivity index (χ4v) is 7.37. The number of carbonyl (C=O) groups excluding carboxylic acids is 2. The molecule has 2 saturated carbocycles. The number of hydrogen-bond acceptors (Lipinski definition) is 7. The molecule has 30 heavy (non-hydrogen) atoms. The summed E-state index contributed by atoms with van der Waals surface area (Å²) < 4.78 is 23.4. The van der Waals surface area contributed by atoms with Crippen molar-refractivity contribution in [3.05, 3.63) is 0 Å². The molecular formula is C23H36O7. The normalized spacial score (nSPS) is 50.1. The molecule has 0 amide bonds. The maximum absolute atomic E-state index is 13.7. The van der Waals surface area contributed by atoms with Gasteiger partial charge in [-0.15, -0.1) is 0 Å². The predicted molar refractivity (Wildman–Crippen MR) is 108 cm³/mol. The highest BCUT2D eigenvalue weighted by atomic mass is 16.7. The second-order valence-corrected chi connectivity index (χ2v) is 10.9. The lowest BCUT2D eigenvalue weighted by atomic mass is 9.40. The molecule has 2 heterocycles. The van der Waals surface area contributed by atoms with Gasteiger partial charge in [-0.1, -0.05) is 20.8 Å². The summed E-state index contributed by atoms with van der Waals surface area (Å²) in [6.45, 7) is 8.31. The summed E-state index contributed by atoms with van der Waals surface area (Å²) >= 11 is 0. The Bertz CT molecular complexity index is 750. The van der Waals surface area contributed by atoms with Gasteiger partial charge in [-0.3, -0.25) is 9.59 Å². The number of Topliss-reactive ketones (excluding diaryl/α,β-unsaturated/α-hetero) is 1. The highest BCUT2D eigenvalue weighted by molar-refractivity contribution is 6.06. The van der Waals surface area contributed by atoms with E-state index in [-0.39, 0.29) is 24.4 Å². The van der Waals surface area contributed by atoms with Crippen LogP contribution in [0.25, 0.3) is 0 Å². The summed E-state index contributed by atoms with van der Waals surface area (Å²) in [5.74, 6) is -0.789. The molecule has 2 spiro atoms. The van der Waals surface area contributed by atoms with Crippen molar-refractivity contribution in [2.75, 3.05) is 20.8 Å². The Morgan fingerprint density at radius 1 is 1.13 bits per heavy atom. The van der Waals surface area contributed by atoms with Gasteiger partial charge in [-0.2, -0.15) is 0 Å². The van der Waals surface area contributed by atoms with E-state index < -0.39 is 39.5 Å². The van der Waals surface area contributed by atoms with Gasteiger partial charge >= 0.3 is 5.97 Å². The minimum absolute atomic E-state index is 0.102. The van der Waals surface area contributed by atoms with Gasteiger partial charge < -0.3 is 24.1 Å². The van der Waals surface area contributed by atoms with Crippen LogP contribution in [-0.2, 0) is 28.5 Å². The maximum atomic E-state index is 13.7. The number of fused-ring (bicyclic) bond motifs is 2. The largest absolute Gasteiger partial charge is 0.468 e. The molecule has 7 heteroatoms. The van der Waals surface area contributed by atoms with E-state index in [0.29, 0.717) is 38.7 Å². The molecule has 1 N–H and O–H groups in total. The van der Waals surface area contributed by atoms with Crippen LogP contribution in [0.3, 0.4) is 0 Å². The van der Waals surface area contributed by atoms with Crippen molar-refractivity contribution in [2.24, 2.45) is 22.2 Å². The molecule has 4 aliphatic rings. The van der Waals surface area contributed by atoms with Crippen molar-refractivity contribution < 1.29 is 33.6 Å². The number of hydrogen-bond donors (Lipinski definition) is 1. The second-order valence-electron chi connectivity index (χ2n) is 10.9. The van der Waals surface area contributed by atoms with E-state index in [1.807, 2.05) is 13.8 Å². The SMILES string of the molecule is COC(=O)[C@@]1(C)C(=O)C[C@H]2C(C)(C)[C@H](O)CC[C@]2(C)[C@@]12CC[C@@]1(CO[C@H](OC)C1)O2. The zero-order valence-corrected chi connectivity index (χ0v) is 19.1. The number of rotatable bonds is 2. The van der Waals surface area contributed by atoms with Crippen LogP contribution in [0.2, 0.25) is 0 Å². The van der Waals surface area contributed by atoms with Crippen LogP contribution >= 0.6 is 0 Å². The first kappa shape index (κ1) is 22.2. The lowest BCUT2D eigenvalue weighted by molar-refractivity contribution is -0.273. The molecule has 0 aromatic heterocycles. The molecular weight excluding hydrogens is 388 g/mol. The minimum Gasteiger partial charge on any atom is -0.468 e. The van der Waals surface area contributed by atoms with Crippen molar-refractivity contribution in [3.63, 3.8) is 0 Å². The molecule has 0 bridgehead atoms. The summed E-state index contributed by atoms with van der Waals surface area (Å²) in [6, 6.07) is 0. The smallest absolute Gasteiger partial charge is 0.322 e. The van der Waals surface area contributed by atoms with Crippen LogP contribution in [0.15, 0.2) is 0 Å². The number of aliphatic hydroxyl groups is 1. The Balaban J connectivity index is 1.87. The molecule has 0 aromatic carbocycles. The van der Waals surface area contributed by atoms with Gasteiger partial charge in [-0.25, -0.2) is 0 Å². The molecule has 0 aromatic rings. The van der Waals surface area contributed by atoms with E-state index in [2.05, 4.69) is 6.92 Å². The number of aliphatic hydroxyl groups excluding tert-OH is 1. The van der Waals surface area contributed by atoms with Crippen molar-refractivity contribution in [3.8, 4) is 0 Å². The monoisotopic (exact) mass is 424 g/mol. The zero-order valence-electron chi connectivity index (χ0n) is 19.1. The number of methoxy groups -OCH3 is 2. The Hall–Kier alpha value is -1.02. The molecule has 170 valence electrons. The third-order valence-electron chi connectivity index (χ3n) is 9.39. The van der Waals surface area contributed by atoms with E-state index in [9.17, 15) is 14.7 Å². The number of carbonyl (C=O) groups is 2. The highest BCUT2D eigenvalue weighted by Crippen LogP contribution is 2.70. The Morgan fingerprint density at radius 2 is 1.83 bits per heavy atom. The van der Waals surface area contributed by atoms with Gasteiger partial charge in [0.1, 0.15) is 0 Å². The molecule has 2 aliphatic heterocycles. The lowest BCUT2D eigenvalue weighted by Crippen LogP contribution is -2.73. The first-order chi connectivity index (χ1) is 13.9. The number of ether oxygens (including phenoxy) is 4. The van der Waals surface area contributed by atoms with Gasteiger partial charge in [0, 0.05) is 25.4 Å². The van der Waals surface area contributed by atoms with Gasteiger partial charge in [0.15, 0.2) is 17.5 Å². The fourth-order valence-electron chi connectivity index (χ4n) is 7.37. The predicted octanol–water partition coefficient (Wildman–Crippen LogP) is 2.62. The van der Waals surface area contributed by atoms with Crippen LogP contribution in [0.1, 0.15) is 66.2 Å². The molecule has 0 radical (unpaired) electrons.